The molecule has 0 radical (unpaired) electrons. The molecule has 1 aliphatic heterocycles. The van der Waals surface area contributed by atoms with Crippen molar-refractivity contribution in [2.24, 2.45) is 0 Å². The highest BCUT2D eigenvalue weighted by Gasteiger charge is 2.18. The van der Waals surface area contributed by atoms with Crippen LogP contribution in [-0.4, -0.2) is 53.0 Å². The molecule has 7 heteroatoms. The number of aromatic nitrogens is 3. The number of nitrogens with zero attached hydrogens (tertiary/aromatic N) is 4. The first-order chi connectivity index (χ1) is 13.6. The van der Waals surface area contributed by atoms with E-state index in [9.17, 15) is 0 Å². The number of hydrogen-bond acceptors (Lipinski definition) is 5. The van der Waals surface area contributed by atoms with Crippen molar-refractivity contribution < 1.29 is 4.74 Å². The summed E-state index contributed by atoms with van der Waals surface area (Å²) in [6.07, 6.45) is 0. The molecule has 1 saturated heterocycles. The molecule has 3 aromatic rings. The normalized spacial score (nSPS) is 15.0. The second-order valence-electron chi connectivity index (χ2n) is 7.09. The first-order valence-electron chi connectivity index (χ1n) is 9.47. The molecule has 0 saturated carbocycles. The molecular formula is C21H25N5OS. The number of aryl methyl sites for hydroxylation is 1. The molecule has 0 amide bonds. The minimum absolute atomic E-state index is 0.591. The average molecular weight is 396 g/mol. The fraction of sp³-hybridized carbons (Fsp3) is 0.333. The number of H-pyrrole nitrogens is 1. The Morgan fingerprint density at radius 2 is 1.68 bits per heavy atom. The zero-order valence-corrected chi connectivity index (χ0v) is 17.1. The van der Waals surface area contributed by atoms with Gasteiger partial charge in [-0.1, -0.05) is 29.8 Å². The van der Waals surface area contributed by atoms with Gasteiger partial charge in [0.1, 0.15) is 5.75 Å². The van der Waals surface area contributed by atoms with Crippen molar-refractivity contribution in [1.82, 2.24) is 19.7 Å². The maximum Gasteiger partial charge on any atom is 0.217 e. The molecule has 0 aliphatic carbocycles. The number of methoxy groups -OCH3 is 1. The van der Waals surface area contributed by atoms with Crippen LogP contribution in [0, 0.1) is 11.7 Å². The number of anilines is 1. The summed E-state index contributed by atoms with van der Waals surface area (Å²) in [6, 6.07) is 16.6. The summed E-state index contributed by atoms with van der Waals surface area (Å²) in [5, 5.41) is 3.35. The monoisotopic (exact) mass is 395 g/mol. The molecule has 28 heavy (non-hydrogen) atoms. The Labute approximate surface area is 170 Å². The Morgan fingerprint density at radius 3 is 2.32 bits per heavy atom. The molecule has 0 bridgehead atoms. The predicted octanol–water partition coefficient (Wildman–Crippen LogP) is 3.70. The van der Waals surface area contributed by atoms with Gasteiger partial charge in [0.15, 0.2) is 5.82 Å². The standard InChI is InChI=1S/C21H25N5OS/c1-16-3-5-17(6-4-16)20-22-21(28)26(23-20)15-24-11-13-25(14-12-24)18-7-9-19(27-2)10-8-18/h3-10H,11-15H2,1-2H3,(H,22,23,28). The summed E-state index contributed by atoms with van der Waals surface area (Å²) in [6.45, 7) is 6.74. The van der Waals surface area contributed by atoms with E-state index in [0.29, 0.717) is 4.77 Å². The quantitative estimate of drug-likeness (QED) is 0.668. The van der Waals surface area contributed by atoms with Gasteiger partial charge in [0.25, 0.3) is 0 Å². The van der Waals surface area contributed by atoms with Crippen LogP contribution in [0.4, 0.5) is 5.69 Å². The number of rotatable bonds is 5. The van der Waals surface area contributed by atoms with Crippen LogP contribution in [0.3, 0.4) is 0 Å². The van der Waals surface area contributed by atoms with Crippen LogP contribution < -0.4 is 9.64 Å². The lowest BCUT2D eigenvalue weighted by Crippen LogP contribution is -2.46. The van der Waals surface area contributed by atoms with E-state index in [-0.39, 0.29) is 0 Å². The van der Waals surface area contributed by atoms with Crippen LogP contribution in [0.15, 0.2) is 48.5 Å². The van der Waals surface area contributed by atoms with E-state index in [1.807, 2.05) is 16.8 Å². The molecule has 4 rings (SSSR count). The molecule has 2 heterocycles. The lowest BCUT2D eigenvalue weighted by molar-refractivity contribution is 0.194. The van der Waals surface area contributed by atoms with Crippen LogP contribution in [-0.2, 0) is 6.67 Å². The molecule has 0 unspecified atom stereocenters. The molecule has 1 N–H and O–H groups in total. The Morgan fingerprint density at radius 1 is 1.00 bits per heavy atom. The Balaban J connectivity index is 1.38. The number of benzene rings is 2. The smallest absolute Gasteiger partial charge is 0.217 e. The first-order valence-corrected chi connectivity index (χ1v) is 9.88. The summed E-state index contributed by atoms with van der Waals surface area (Å²) >= 11 is 5.46. The van der Waals surface area contributed by atoms with Gasteiger partial charge in [-0.05, 0) is 43.4 Å². The lowest BCUT2D eigenvalue weighted by Gasteiger charge is -2.36. The molecule has 146 valence electrons. The van der Waals surface area contributed by atoms with Crippen LogP contribution >= 0.6 is 12.2 Å². The minimum atomic E-state index is 0.591. The Hall–Kier alpha value is -2.64. The number of ether oxygens (including phenoxy) is 1. The van der Waals surface area contributed by atoms with Crippen LogP contribution in [0.2, 0.25) is 0 Å². The maximum atomic E-state index is 5.46. The molecule has 6 nitrogen and oxygen atoms in total. The van der Waals surface area contributed by atoms with Crippen LogP contribution in [0.25, 0.3) is 11.4 Å². The SMILES string of the molecule is COc1ccc(N2CCN(Cn3[nH]c(-c4ccc(C)cc4)nc3=S)CC2)cc1. The molecule has 0 atom stereocenters. The summed E-state index contributed by atoms with van der Waals surface area (Å²) in [7, 11) is 1.69. The van der Waals surface area contributed by atoms with Gasteiger partial charge in [-0.25, -0.2) is 4.68 Å². The highest BCUT2D eigenvalue weighted by atomic mass is 32.1. The largest absolute Gasteiger partial charge is 0.497 e. The molecule has 1 fully saturated rings. The van der Waals surface area contributed by atoms with Gasteiger partial charge in [-0.3, -0.25) is 10.00 Å². The van der Waals surface area contributed by atoms with Crippen molar-refractivity contribution >= 4 is 17.9 Å². The summed E-state index contributed by atoms with van der Waals surface area (Å²) in [5.41, 5.74) is 3.52. The summed E-state index contributed by atoms with van der Waals surface area (Å²) in [4.78, 5) is 9.33. The van der Waals surface area contributed by atoms with Gasteiger partial charge in [0.05, 0.1) is 13.8 Å². The van der Waals surface area contributed by atoms with Gasteiger partial charge < -0.3 is 9.64 Å². The fourth-order valence-corrected chi connectivity index (χ4v) is 3.63. The van der Waals surface area contributed by atoms with E-state index in [1.54, 1.807) is 7.11 Å². The maximum absolute atomic E-state index is 5.46. The number of hydrogen-bond donors (Lipinski definition) is 1. The third kappa shape index (κ3) is 4.10. The summed E-state index contributed by atoms with van der Waals surface area (Å²) in [5.74, 6) is 1.71. The van der Waals surface area contributed by atoms with E-state index in [0.717, 1.165) is 50.0 Å². The van der Waals surface area contributed by atoms with E-state index in [1.165, 1.54) is 11.3 Å². The Kier molecular flexibility index (Phi) is 5.45. The van der Waals surface area contributed by atoms with Gasteiger partial charge in [0.2, 0.25) is 4.77 Å². The average Bonchev–Trinajstić information content (AvgIpc) is 3.09. The zero-order chi connectivity index (χ0) is 19.5. The van der Waals surface area contributed by atoms with Crippen molar-refractivity contribution in [2.45, 2.75) is 13.6 Å². The molecule has 2 aromatic carbocycles. The number of piperazine rings is 1. The van der Waals surface area contributed by atoms with Gasteiger partial charge >= 0.3 is 0 Å². The van der Waals surface area contributed by atoms with Crippen LogP contribution in [0.1, 0.15) is 5.56 Å². The van der Waals surface area contributed by atoms with Gasteiger partial charge in [-0.15, -0.1) is 0 Å². The molecule has 1 aliphatic rings. The molecule has 0 spiro atoms. The fourth-order valence-electron chi connectivity index (χ4n) is 3.43. The van der Waals surface area contributed by atoms with Crippen molar-refractivity contribution in [3.8, 4) is 17.1 Å². The van der Waals surface area contributed by atoms with Crippen molar-refractivity contribution in [3.05, 3.63) is 58.9 Å². The zero-order valence-electron chi connectivity index (χ0n) is 16.3. The number of nitrogens with one attached hydrogen (secondary N) is 1. The second-order valence-corrected chi connectivity index (χ2v) is 7.46. The van der Waals surface area contributed by atoms with Crippen molar-refractivity contribution in [1.29, 1.82) is 0 Å². The number of aromatic amines is 1. The van der Waals surface area contributed by atoms with E-state index in [2.05, 4.69) is 63.2 Å². The molecular weight excluding hydrogens is 370 g/mol. The van der Waals surface area contributed by atoms with Gasteiger partial charge in [0, 0.05) is 37.4 Å². The molecule has 1 aromatic heterocycles. The topological polar surface area (TPSA) is 49.3 Å². The van der Waals surface area contributed by atoms with E-state index < -0.39 is 0 Å². The third-order valence-corrected chi connectivity index (χ3v) is 5.47. The van der Waals surface area contributed by atoms with Crippen LogP contribution in [0.5, 0.6) is 5.75 Å². The predicted molar refractivity (Wildman–Crippen MR) is 114 cm³/mol. The third-order valence-electron chi connectivity index (χ3n) is 5.16. The highest BCUT2D eigenvalue weighted by Crippen LogP contribution is 2.21. The van der Waals surface area contributed by atoms with Gasteiger partial charge in [-0.2, -0.15) is 4.98 Å². The summed E-state index contributed by atoms with van der Waals surface area (Å²) < 4.78 is 7.78. The Bertz CT molecular complexity index is 969. The van der Waals surface area contributed by atoms with E-state index in [4.69, 9.17) is 17.0 Å². The second kappa shape index (κ2) is 8.16. The van der Waals surface area contributed by atoms with Crippen molar-refractivity contribution in [3.63, 3.8) is 0 Å². The minimum Gasteiger partial charge on any atom is -0.497 e. The first kappa shape index (κ1) is 18.7. The van der Waals surface area contributed by atoms with E-state index >= 15 is 0 Å². The van der Waals surface area contributed by atoms with Crippen molar-refractivity contribution in [2.75, 3.05) is 38.2 Å². The lowest BCUT2D eigenvalue weighted by atomic mass is 10.1. The highest BCUT2D eigenvalue weighted by molar-refractivity contribution is 7.71.